The maximum atomic E-state index is 5.99. The number of nitrogens with zero attached hydrogens (tertiary/aromatic N) is 1. The van der Waals surface area contributed by atoms with E-state index < -0.39 is 0 Å². The molecule has 2 aromatic rings. The summed E-state index contributed by atoms with van der Waals surface area (Å²) in [5.41, 5.74) is 4.06. The number of ether oxygens (including phenoxy) is 1. The standard InChI is InChI=1S/C12H11Cl2N3O/c13-8-1-2-12(11(14)5-8)18-7-10-6-9(17-15)3-4-16-10/h1-6H,7,15H2,(H,16,17). The second-order valence-corrected chi connectivity index (χ2v) is 4.39. The van der Waals surface area contributed by atoms with Crippen LogP contribution in [-0.2, 0) is 6.61 Å². The van der Waals surface area contributed by atoms with E-state index in [2.05, 4.69) is 10.4 Å². The van der Waals surface area contributed by atoms with Gasteiger partial charge in [-0.1, -0.05) is 23.2 Å². The summed E-state index contributed by atoms with van der Waals surface area (Å²) in [5.74, 6) is 5.88. The first kappa shape index (κ1) is 13.0. The molecule has 0 bridgehead atoms. The van der Waals surface area contributed by atoms with Gasteiger partial charge in [-0.15, -0.1) is 0 Å². The molecule has 2 rings (SSSR count). The summed E-state index contributed by atoms with van der Waals surface area (Å²) in [6.07, 6.45) is 1.65. The molecule has 1 aromatic carbocycles. The van der Waals surface area contributed by atoms with E-state index in [0.717, 1.165) is 11.4 Å². The van der Waals surface area contributed by atoms with Crippen LogP contribution in [0.25, 0.3) is 0 Å². The summed E-state index contributed by atoms with van der Waals surface area (Å²) in [6.45, 7) is 0.302. The Hall–Kier alpha value is -1.49. The van der Waals surface area contributed by atoms with Gasteiger partial charge in [-0.3, -0.25) is 10.8 Å². The highest BCUT2D eigenvalue weighted by atomic mass is 35.5. The van der Waals surface area contributed by atoms with Gasteiger partial charge in [-0.05, 0) is 30.3 Å². The largest absolute Gasteiger partial charge is 0.486 e. The van der Waals surface area contributed by atoms with Gasteiger partial charge in [0.25, 0.3) is 0 Å². The molecule has 0 radical (unpaired) electrons. The molecule has 4 nitrogen and oxygen atoms in total. The molecule has 0 fully saturated rings. The number of hydrazine groups is 1. The molecule has 3 N–H and O–H groups in total. The van der Waals surface area contributed by atoms with Gasteiger partial charge in [0.1, 0.15) is 12.4 Å². The Morgan fingerprint density at radius 2 is 2.06 bits per heavy atom. The van der Waals surface area contributed by atoms with E-state index in [0.29, 0.717) is 22.4 Å². The lowest BCUT2D eigenvalue weighted by atomic mass is 10.3. The van der Waals surface area contributed by atoms with Crippen molar-refractivity contribution in [3.05, 3.63) is 52.3 Å². The molecule has 0 saturated heterocycles. The van der Waals surface area contributed by atoms with Gasteiger partial charge in [0.15, 0.2) is 0 Å². The minimum atomic E-state index is 0.302. The summed E-state index contributed by atoms with van der Waals surface area (Å²) in [7, 11) is 0. The van der Waals surface area contributed by atoms with Crippen LogP contribution in [0.4, 0.5) is 5.69 Å². The first-order chi connectivity index (χ1) is 8.69. The molecule has 6 heteroatoms. The fourth-order valence-corrected chi connectivity index (χ4v) is 1.85. The highest BCUT2D eigenvalue weighted by Gasteiger charge is 2.03. The predicted octanol–water partition coefficient (Wildman–Crippen LogP) is 3.25. The van der Waals surface area contributed by atoms with Crippen molar-refractivity contribution in [1.29, 1.82) is 0 Å². The Morgan fingerprint density at radius 1 is 1.22 bits per heavy atom. The topological polar surface area (TPSA) is 60.2 Å². The number of aromatic nitrogens is 1. The minimum Gasteiger partial charge on any atom is -0.486 e. The molecule has 18 heavy (non-hydrogen) atoms. The molecule has 0 aliphatic heterocycles. The first-order valence-electron chi connectivity index (χ1n) is 5.18. The Morgan fingerprint density at radius 3 is 2.78 bits per heavy atom. The molecular formula is C12H11Cl2N3O. The number of hydrogen-bond acceptors (Lipinski definition) is 4. The normalized spacial score (nSPS) is 10.2. The fraction of sp³-hybridized carbons (Fsp3) is 0.0833. The second kappa shape index (κ2) is 5.91. The maximum Gasteiger partial charge on any atom is 0.138 e. The monoisotopic (exact) mass is 283 g/mol. The number of benzene rings is 1. The van der Waals surface area contributed by atoms with Crippen LogP contribution in [0.15, 0.2) is 36.5 Å². The summed E-state index contributed by atoms with van der Waals surface area (Å²) < 4.78 is 5.56. The molecule has 1 heterocycles. The van der Waals surface area contributed by atoms with Crippen molar-refractivity contribution in [2.24, 2.45) is 5.84 Å². The summed E-state index contributed by atoms with van der Waals surface area (Å²) in [5, 5.41) is 1.04. The zero-order valence-corrected chi connectivity index (χ0v) is 10.9. The third-order valence-corrected chi connectivity index (χ3v) is 2.78. The van der Waals surface area contributed by atoms with Crippen molar-refractivity contribution in [3.8, 4) is 5.75 Å². The van der Waals surface area contributed by atoms with E-state index in [9.17, 15) is 0 Å². The van der Waals surface area contributed by atoms with Crippen LogP contribution in [0.5, 0.6) is 5.75 Å². The number of halogens is 2. The van der Waals surface area contributed by atoms with Crippen molar-refractivity contribution < 1.29 is 4.74 Å². The molecule has 94 valence electrons. The molecule has 0 spiro atoms. The van der Waals surface area contributed by atoms with Crippen LogP contribution < -0.4 is 16.0 Å². The number of hydrogen-bond donors (Lipinski definition) is 2. The summed E-state index contributed by atoms with van der Waals surface area (Å²) >= 11 is 11.8. The van der Waals surface area contributed by atoms with Gasteiger partial charge < -0.3 is 10.2 Å². The molecular weight excluding hydrogens is 273 g/mol. The van der Waals surface area contributed by atoms with Crippen LogP contribution in [0.2, 0.25) is 10.0 Å². The predicted molar refractivity (Wildman–Crippen MR) is 72.8 cm³/mol. The zero-order chi connectivity index (χ0) is 13.0. The van der Waals surface area contributed by atoms with Crippen molar-refractivity contribution in [1.82, 2.24) is 4.98 Å². The van der Waals surface area contributed by atoms with Gasteiger partial charge in [-0.2, -0.15) is 0 Å². The molecule has 1 aromatic heterocycles. The van der Waals surface area contributed by atoms with E-state index in [-0.39, 0.29) is 0 Å². The van der Waals surface area contributed by atoms with Gasteiger partial charge in [-0.25, -0.2) is 0 Å². The fourth-order valence-electron chi connectivity index (χ4n) is 1.39. The molecule has 0 unspecified atom stereocenters. The number of anilines is 1. The van der Waals surface area contributed by atoms with Crippen molar-refractivity contribution in [3.63, 3.8) is 0 Å². The average molecular weight is 284 g/mol. The van der Waals surface area contributed by atoms with Crippen molar-refractivity contribution in [2.75, 3.05) is 5.43 Å². The van der Waals surface area contributed by atoms with Gasteiger partial charge in [0.2, 0.25) is 0 Å². The zero-order valence-electron chi connectivity index (χ0n) is 9.36. The number of rotatable bonds is 4. The average Bonchev–Trinajstić information content (AvgIpc) is 2.38. The smallest absolute Gasteiger partial charge is 0.138 e. The minimum absolute atomic E-state index is 0.302. The Kier molecular flexibility index (Phi) is 4.25. The van der Waals surface area contributed by atoms with Crippen LogP contribution >= 0.6 is 23.2 Å². The van der Waals surface area contributed by atoms with E-state index >= 15 is 0 Å². The quantitative estimate of drug-likeness (QED) is 0.668. The van der Waals surface area contributed by atoms with Gasteiger partial charge in [0, 0.05) is 11.2 Å². The lowest BCUT2D eigenvalue weighted by molar-refractivity contribution is 0.301. The third kappa shape index (κ3) is 3.26. The molecule has 0 aliphatic rings. The van der Waals surface area contributed by atoms with E-state index in [1.54, 1.807) is 36.5 Å². The van der Waals surface area contributed by atoms with Gasteiger partial charge in [0.05, 0.1) is 16.4 Å². The van der Waals surface area contributed by atoms with Crippen molar-refractivity contribution in [2.45, 2.75) is 6.61 Å². The van der Waals surface area contributed by atoms with Crippen LogP contribution in [0, 0.1) is 0 Å². The number of pyridine rings is 1. The summed E-state index contributed by atoms with van der Waals surface area (Å²) in [6, 6.07) is 8.62. The Labute approximate surface area is 115 Å². The number of nitrogen functional groups attached to an aromatic ring is 1. The third-order valence-electron chi connectivity index (χ3n) is 2.25. The number of nitrogens with two attached hydrogens (primary N) is 1. The van der Waals surface area contributed by atoms with E-state index in [1.165, 1.54) is 0 Å². The van der Waals surface area contributed by atoms with Crippen LogP contribution in [0.1, 0.15) is 5.69 Å². The first-order valence-corrected chi connectivity index (χ1v) is 5.94. The maximum absolute atomic E-state index is 5.99. The molecule has 0 aliphatic carbocycles. The summed E-state index contributed by atoms with van der Waals surface area (Å²) in [4.78, 5) is 4.16. The highest BCUT2D eigenvalue weighted by molar-refractivity contribution is 6.35. The van der Waals surface area contributed by atoms with Crippen LogP contribution in [-0.4, -0.2) is 4.98 Å². The molecule has 0 amide bonds. The highest BCUT2D eigenvalue weighted by Crippen LogP contribution is 2.28. The van der Waals surface area contributed by atoms with E-state index in [4.69, 9.17) is 33.8 Å². The molecule has 0 saturated carbocycles. The van der Waals surface area contributed by atoms with Crippen LogP contribution in [0.3, 0.4) is 0 Å². The van der Waals surface area contributed by atoms with Gasteiger partial charge >= 0.3 is 0 Å². The molecule has 0 atom stereocenters. The van der Waals surface area contributed by atoms with E-state index in [1.807, 2.05) is 0 Å². The van der Waals surface area contributed by atoms with Crippen molar-refractivity contribution >= 4 is 28.9 Å². The SMILES string of the molecule is NNc1ccnc(COc2ccc(Cl)cc2Cl)c1. The lowest BCUT2D eigenvalue weighted by Crippen LogP contribution is -2.08. The Balaban J connectivity index is 2.06. The Bertz CT molecular complexity index is 549. The lowest BCUT2D eigenvalue weighted by Gasteiger charge is -2.08. The number of nitrogens with one attached hydrogen (secondary N) is 1. The second-order valence-electron chi connectivity index (χ2n) is 3.54.